The second-order valence-corrected chi connectivity index (χ2v) is 4.88. The van der Waals surface area contributed by atoms with E-state index in [1.54, 1.807) is 54.3 Å². The molecule has 0 spiro atoms. The zero-order valence-corrected chi connectivity index (χ0v) is 12.3. The SMILES string of the molecule is Cn1cccc1C(=O)NNC(=O)Cn1nc2ccccn2c1=O. The number of nitrogens with zero attached hydrogens (tertiary/aromatic N) is 4. The Balaban J connectivity index is 1.65. The van der Waals surface area contributed by atoms with Gasteiger partial charge in [0.25, 0.3) is 11.8 Å². The van der Waals surface area contributed by atoms with E-state index in [4.69, 9.17) is 0 Å². The summed E-state index contributed by atoms with van der Waals surface area (Å²) >= 11 is 0. The van der Waals surface area contributed by atoms with Crippen LogP contribution in [0.15, 0.2) is 47.5 Å². The fraction of sp³-hybridized carbons (Fsp3) is 0.143. The first-order valence-corrected chi connectivity index (χ1v) is 6.81. The second-order valence-electron chi connectivity index (χ2n) is 4.88. The van der Waals surface area contributed by atoms with Crippen molar-refractivity contribution in [2.24, 2.45) is 7.05 Å². The summed E-state index contributed by atoms with van der Waals surface area (Å²) in [6.07, 6.45) is 3.28. The molecule has 3 rings (SSSR count). The van der Waals surface area contributed by atoms with Gasteiger partial charge in [-0.1, -0.05) is 6.07 Å². The smallest absolute Gasteiger partial charge is 0.347 e. The number of rotatable bonds is 3. The van der Waals surface area contributed by atoms with E-state index in [1.165, 1.54) is 4.40 Å². The van der Waals surface area contributed by atoms with Crippen molar-refractivity contribution in [3.05, 3.63) is 58.9 Å². The molecule has 0 radical (unpaired) electrons. The van der Waals surface area contributed by atoms with Crippen LogP contribution in [0.4, 0.5) is 0 Å². The molecule has 118 valence electrons. The first kappa shape index (κ1) is 14.6. The average molecular weight is 314 g/mol. The maximum Gasteiger partial charge on any atom is 0.350 e. The summed E-state index contributed by atoms with van der Waals surface area (Å²) in [5, 5.41) is 4.03. The zero-order chi connectivity index (χ0) is 16.4. The van der Waals surface area contributed by atoms with Crippen LogP contribution in [0.25, 0.3) is 5.65 Å². The summed E-state index contributed by atoms with van der Waals surface area (Å²) in [5.41, 5.74) is 4.96. The summed E-state index contributed by atoms with van der Waals surface area (Å²) in [7, 11) is 1.72. The van der Waals surface area contributed by atoms with E-state index in [-0.39, 0.29) is 6.54 Å². The Labute approximate surface area is 130 Å². The van der Waals surface area contributed by atoms with Gasteiger partial charge in [-0.3, -0.25) is 24.8 Å². The molecule has 3 aromatic heterocycles. The molecule has 3 aromatic rings. The van der Waals surface area contributed by atoms with Gasteiger partial charge in [0.15, 0.2) is 5.65 Å². The number of aromatic nitrogens is 4. The van der Waals surface area contributed by atoms with Crippen LogP contribution in [0.1, 0.15) is 10.5 Å². The summed E-state index contributed by atoms with van der Waals surface area (Å²) in [5.74, 6) is -1.01. The molecule has 0 aliphatic rings. The summed E-state index contributed by atoms with van der Waals surface area (Å²) < 4.78 is 3.98. The van der Waals surface area contributed by atoms with Gasteiger partial charge in [-0.05, 0) is 24.3 Å². The standard InChI is InChI=1S/C14H14N6O3/c1-18-7-4-5-10(18)13(22)16-15-12(21)9-20-14(23)19-8-3-2-6-11(19)17-20/h2-8H,9H2,1H3,(H,15,21)(H,16,22). The highest BCUT2D eigenvalue weighted by Gasteiger charge is 2.12. The fourth-order valence-corrected chi connectivity index (χ4v) is 2.13. The number of aryl methyl sites for hydroxylation is 1. The molecule has 3 heterocycles. The lowest BCUT2D eigenvalue weighted by molar-refractivity contribution is -0.122. The van der Waals surface area contributed by atoms with Crippen LogP contribution in [-0.4, -0.2) is 30.6 Å². The molecule has 0 aliphatic heterocycles. The largest absolute Gasteiger partial charge is 0.350 e. The highest BCUT2D eigenvalue weighted by molar-refractivity contribution is 5.94. The van der Waals surface area contributed by atoms with Gasteiger partial charge in [-0.25, -0.2) is 9.48 Å². The second kappa shape index (κ2) is 5.79. The third kappa shape index (κ3) is 2.84. The van der Waals surface area contributed by atoms with Crippen molar-refractivity contribution in [1.29, 1.82) is 0 Å². The Morgan fingerprint density at radius 3 is 2.65 bits per heavy atom. The van der Waals surface area contributed by atoms with Gasteiger partial charge < -0.3 is 4.57 Å². The molecule has 23 heavy (non-hydrogen) atoms. The lowest BCUT2D eigenvalue weighted by Crippen LogP contribution is -2.44. The molecule has 0 saturated carbocycles. The van der Waals surface area contributed by atoms with Crippen molar-refractivity contribution in [3.63, 3.8) is 0 Å². The van der Waals surface area contributed by atoms with Crippen molar-refractivity contribution in [2.75, 3.05) is 0 Å². The molecule has 9 nitrogen and oxygen atoms in total. The number of carbonyl (C=O) groups is 2. The van der Waals surface area contributed by atoms with Crippen LogP contribution >= 0.6 is 0 Å². The molecule has 0 bridgehead atoms. The third-order valence-corrected chi connectivity index (χ3v) is 3.27. The van der Waals surface area contributed by atoms with Crippen molar-refractivity contribution >= 4 is 17.5 Å². The van der Waals surface area contributed by atoms with Crippen molar-refractivity contribution in [3.8, 4) is 0 Å². The maximum atomic E-state index is 12.0. The van der Waals surface area contributed by atoms with Crippen molar-refractivity contribution in [2.45, 2.75) is 6.54 Å². The molecule has 0 aliphatic carbocycles. The van der Waals surface area contributed by atoms with Crippen molar-refractivity contribution < 1.29 is 9.59 Å². The van der Waals surface area contributed by atoms with Crippen LogP contribution in [0.2, 0.25) is 0 Å². The van der Waals surface area contributed by atoms with E-state index >= 15 is 0 Å². The summed E-state index contributed by atoms with van der Waals surface area (Å²) in [6, 6.07) is 8.43. The Kier molecular flexibility index (Phi) is 3.67. The monoisotopic (exact) mass is 314 g/mol. The summed E-state index contributed by atoms with van der Waals surface area (Å²) in [6.45, 7) is -0.298. The molecule has 9 heteroatoms. The Hall–Kier alpha value is -3.36. The molecule has 0 aromatic carbocycles. The van der Waals surface area contributed by atoms with Crippen LogP contribution < -0.4 is 16.5 Å². The molecule has 0 fully saturated rings. The molecule has 0 unspecified atom stereocenters. The molecule has 2 amide bonds. The molecular weight excluding hydrogens is 300 g/mol. The molecule has 2 N–H and O–H groups in total. The van der Waals surface area contributed by atoms with Gasteiger partial charge in [0, 0.05) is 19.4 Å². The predicted octanol–water partition coefficient (Wildman–Crippen LogP) is -0.704. The van der Waals surface area contributed by atoms with Crippen LogP contribution in [0, 0.1) is 0 Å². The van der Waals surface area contributed by atoms with E-state index in [1.807, 2.05) is 0 Å². The highest BCUT2D eigenvalue weighted by Crippen LogP contribution is 1.98. The molecule has 0 atom stereocenters. The molecular formula is C14H14N6O3. The Morgan fingerprint density at radius 2 is 1.96 bits per heavy atom. The number of hydrogen-bond donors (Lipinski definition) is 2. The minimum absolute atomic E-state index is 0.298. The Bertz CT molecular complexity index is 935. The third-order valence-electron chi connectivity index (χ3n) is 3.27. The van der Waals surface area contributed by atoms with Gasteiger partial charge >= 0.3 is 5.69 Å². The van der Waals surface area contributed by atoms with E-state index in [2.05, 4.69) is 16.0 Å². The van der Waals surface area contributed by atoms with Gasteiger partial charge in [-0.2, -0.15) is 0 Å². The van der Waals surface area contributed by atoms with Gasteiger partial charge in [0.05, 0.1) is 0 Å². The minimum Gasteiger partial charge on any atom is -0.347 e. The van der Waals surface area contributed by atoms with Crippen molar-refractivity contribution in [1.82, 2.24) is 29.6 Å². The first-order valence-electron chi connectivity index (χ1n) is 6.81. The van der Waals surface area contributed by atoms with Crippen LogP contribution in [0.3, 0.4) is 0 Å². The topological polar surface area (TPSA) is 102 Å². The van der Waals surface area contributed by atoms with Crippen LogP contribution in [-0.2, 0) is 18.4 Å². The minimum atomic E-state index is -0.557. The number of carbonyl (C=O) groups excluding carboxylic acids is 2. The molecule has 0 saturated heterocycles. The predicted molar refractivity (Wildman–Crippen MR) is 80.5 cm³/mol. The van der Waals surface area contributed by atoms with Crippen LogP contribution in [0.5, 0.6) is 0 Å². The average Bonchev–Trinajstić information content (AvgIpc) is 3.10. The number of hydrogen-bond acceptors (Lipinski definition) is 4. The van der Waals surface area contributed by atoms with Gasteiger partial charge in [0.2, 0.25) is 0 Å². The van der Waals surface area contributed by atoms with Gasteiger partial charge in [0.1, 0.15) is 12.2 Å². The lowest BCUT2D eigenvalue weighted by atomic mass is 10.4. The lowest BCUT2D eigenvalue weighted by Gasteiger charge is -2.07. The number of fused-ring (bicyclic) bond motifs is 1. The van der Waals surface area contributed by atoms with Gasteiger partial charge in [-0.15, -0.1) is 5.10 Å². The fourth-order valence-electron chi connectivity index (χ4n) is 2.13. The van der Waals surface area contributed by atoms with E-state index in [0.29, 0.717) is 11.3 Å². The first-order chi connectivity index (χ1) is 11.1. The van der Waals surface area contributed by atoms with E-state index in [9.17, 15) is 14.4 Å². The van der Waals surface area contributed by atoms with E-state index in [0.717, 1.165) is 4.68 Å². The maximum absolute atomic E-state index is 12.0. The quantitative estimate of drug-likeness (QED) is 0.624. The summed E-state index contributed by atoms with van der Waals surface area (Å²) in [4.78, 5) is 35.7. The highest BCUT2D eigenvalue weighted by atomic mass is 16.2. The number of amides is 2. The van der Waals surface area contributed by atoms with E-state index < -0.39 is 17.5 Å². The normalized spacial score (nSPS) is 10.7. The number of hydrazine groups is 1. The number of nitrogens with one attached hydrogen (secondary N) is 2. The zero-order valence-electron chi connectivity index (χ0n) is 12.3. The number of pyridine rings is 1. The Morgan fingerprint density at radius 1 is 1.13 bits per heavy atom.